The lowest BCUT2D eigenvalue weighted by Gasteiger charge is -2.27. The Labute approximate surface area is 203 Å². The summed E-state index contributed by atoms with van der Waals surface area (Å²) < 4.78 is 5.77. The van der Waals surface area contributed by atoms with Crippen LogP contribution in [0.2, 0.25) is 10.0 Å². The normalized spacial score (nSPS) is 17.7. The van der Waals surface area contributed by atoms with Gasteiger partial charge in [0.1, 0.15) is 11.8 Å². The molecule has 4 amide bonds. The molecule has 2 aliphatic rings. The quantitative estimate of drug-likeness (QED) is 0.514. The van der Waals surface area contributed by atoms with Gasteiger partial charge < -0.3 is 9.73 Å². The van der Waals surface area contributed by atoms with Crippen LogP contribution in [0.15, 0.2) is 47.0 Å². The number of piperidine rings is 1. The predicted octanol–water partition coefficient (Wildman–Crippen LogP) is 3.66. The van der Waals surface area contributed by atoms with Crippen LogP contribution in [-0.4, -0.2) is 39.6 Å². The second-order valence-electron chi connectivity index (χ2n) is 7.78. The van der Waals surface area contributed by atoms with E-state index in [1.807, 2.05) is 0 Å². The first-order valence-corrected chi connectivity index (χ1v) is 11.1. The summed E-state index contributed by atoms with van der Waals surface area (Å²) in [4.78, 5) is 55.0. The lowest BCUT2D eigenvalue weighted by molar-refractivity contribution is -0.136. The Hall–Kier alpha value is -3.69. The molecule has 9 nitrogen and oxygen atoms in total. The average molecular weight is 499 g/mol. The second-order valence-corrected chi connectivity index (χ2v) is 8.63. The fraction of sp³-hybridized carbons (Fsp3) is 0.174. The third kappa shape index (κ3) is 3.82. The van der Waals surface area contributed by atoms with Crippen LogP contribution in [0.3, 0.4) is 0 Å². The highest BCUT2D eigenvalue weighted by atomic mass is 35.5. The molecule has 1 atom stereocenters. The maximum Gasteiger partial charge on any atom is 0.264 e. The molecular formula is C23H16Cl2N4O5. The van der Waals surface area contributed by atoms with Gasteiger partial charge in [-0.2, -0.15) is 0 Å². The van der Waals surface area contributed by atoms with Crippen LogP contribution < -0.4 is 10.6 Å². The van der Waals surface area contributed by atoms with Crippen molar-refractivity contribution in [2.75, 3.05) is 5.32 Å². The van der Waals surface area contributed by atoms with Gasteiger partial charge in [-0.3, -0.25) is 29.4 Å². The van der Waals surface area contributed by atoms with Crippen molar-refractivity contribution in [1.82, 2.24) is 15.2 Å². The molecule has 3 heterocycles. The molecule has 0 spiro atoms. The molecule has 2 N–H and O–H groups in total. The number of nitrogens with one attached hydrogen (secondary N) is 2. The molecule has 1 saturated heterocycles. The van der Waals surface area contributed by atoms with Crippen LogP contribution in [0.5, 0.6) is 0 Å². The van der Waals surface area contributed by atoms with E-state index in [9.17, 15) is 19.2 Å². The zero-order valence-electron chi connectivity index (χ0n) is 17.4. The number of hydrogen-bond donors (Lipinski definition) is 2. The van der Waals surface area contributed by atoms with Gasteiger partial charge in [-0.05, 0) is 36.8 Å². The van der Waals surface area contributed by atoms with Crippen LogP contribution in [-0.2, 0) is 16.1 Å². The summed E-state index contributed by atoms with van der Waals surface area (Å²) in [5, 5.41) is 6.17. The van der Waals surface area contributed by atoms with Crippen LogP contribution in [0.25, 0.3) is 11.5 Å². The molecule has 34 heavy (non-hydrogen) atoms. The van der Waals surface area contributed by atoms with Gasteiger partial charge in [0, 0.05) is 17.1 Å². The highest BCUT2D eigenvalue weighted by Gasteiger charge is 2.45. The smallest absolute Gasteiger partial charge is 0.264 e. The molecule has 172 valence electrons. The molecule has 1 aromatic heterocycles. The summed E-state index contributed by atoms with van der Waals surface area (Å²) in [6.07, 6.45) is 1.67. The Morgan fingerprint density at radius 1 is 1.09 bits per heavy atom. The number of imide groups is 2. The number of hydrogen-bond acceptors (Lipinski definition) is 7. The highest BCUT2D eigenvalue weighted by Crippen LogP contribution is 2.33. The van der Waals surface area contributed by atoms with Gasteiger partial charge in [-0.25, -0.2) is 4.98 Å². The number of carbonyl (C=O) groups excluding carboxylic acids is 4. The van der Waals surface area contributed by atoms with Gasteiger partial charge in [0.2, 0.25) is 17.7 Å². The standard InChI is InChI=1S/C23H16Cl2N4O5/c24-11-4-5-13(15(25)8-11)21-27-10-12(34-21)9-26-16-3-1-2-14-19(16)23(33)29(22(14)32)17-6-7-18(30)28-20(17)31/h1-5,8,10,17,26H,6-7,9H2,(H,28,30,31). The van der Waals surface area contributed by atoms with E-state index in [0.29, 0.717) is 32.9 Å². The monoisotopic (exact) mass is 498 g/mol. The maximum absolute atomic E-state index is 13.2. The second kappa shape index (κ2) is 8.58. The summed E-state index contributed by atoms with van der Waals surface area (Å²) in [5.74, 6) is -1.47. The molecule has 1 unspecified atom stereocenters. The van der Waals surface area contributed by atoms with Crippen LogP contribution in [0, 0.1) is 0 Å². The summed E-state index contributed by atoms with van der Waals surface area (Å²) in [6.45, 7) is 0.175. The highest BCUT2D eigenvalue weighted by molar-refractivity contribution is 6.36. The predicted molar refractivity (Wildman–Crippen MR) is 122 cm³/mol. The molecular weight excluding hydrogens is 483 g/mol. The number of nitrogens with zero attached hydrogens (tertiary/aromatic N) is 2. The van der Waals surface area contributed by atoms with E-state index >= 15 is 0 Å². The number of aromatic nitrogens is 1. The van der Waals surface area contributed by atoms with Crippen molar-refractivity contribution in [1.29, 1.82) is 0 Å². The van der Waals surface area contributed by atoms with Crippen LogP contribution in [0.1, 0.15) is 39.3 Å². The van der Waals surface area contributed by atoms with Gasteiger partial charge in [0.25, 0.3) is 11.8 Å². The van der Waals surface area contributed by atoms with E-state index in [4.69, 9.17) is 27.6 Å². The summed E-state index contributed by atoms with van der Waals surface area (Å²) in [6, 6.07) is 8.76. The molecule has 0 aliphatic carbocycles. The van der Waals surface area contributed by atoms with Crippen molar-refractivity contribution in [3.63, 3.8) is 0 Å². The largest absolute Gasteiger partial charge is 0.439 e. The number of carbonyl (C=O) groups is 4. The van der Waals surface area contributed by atoms with Gasteiger partial charge in [-0.1, -0.05) is 29.3 Å². The van der Waals surface area contributed by atoms with E-state index < -0.39 is 29.7 Å². The minimum Gasteiger partial charge on any atom is -0.439 e. The fourth-order valence-electron chi connectivity index (χ4n) is 4.02. The Morgan fingerprint density at radius 3 is 2.68 bits per heavy atom. The third-order valence-electron chi connectivity index (χ3n) is 5.64. The fourth-order valence-corrected chi connectivity index (χ4v) is 4.51. The lowest BCUT2D eigenvalue weighted by Crippen LogP contribution is -2.54. The average Bonchev–Trinajstić information content (AvgIpc) is 3.36. The van der Waals surface area contributed by atoms with Crippen molar-refractivity contribution >= 4 is 52.5 Å². The lowest BCUT2D eigenvalue weighted by atomic mass is 10.0. The number of anilines is 1. The Kier molecular flexibility index (Phi) is 5.59. The topological polar surface area (TPSA) is 122 Å². The van der Waals surface area contributed by atoms with E-state index in [1.165, 1.54) is 12.3 Å². The van der Waals surface area contributed by atoms with Crippen LogP contribution in [0.4, 0.5) is 5.69 Å². The Bertz CT molecular complexity index is 1370. The number of amides is 4. The molecule has 0 radical (unpaired) electrons. The van der Waals surface area contributed by atoms with E-state index in [-0.39, 0.29) is 30.5 Å². The SMILES string of the molecule is O=C1CCC(N2C(=O)c3cccc(NCc4cnc(-c5ccc(Cl)cc5Cl)o4)c3C2=O)C(=O)N1. The minimum atomic E-state index is -1.03. The molecule has 11 heteroatoms. The van der Waals surface area contributed by atoms with Crippen LogP contribution >= 0.6 is 23.2 Å². The molecule has 1 fully saturated rings. The van der Waals surface area contributed by atoms with E-state index in [1.54, 1.807) is 30.3 Å². The molecule has 2 aromatic carbocycles. The summed E-state index contributed by atoms with van der Waals surface area (Å²) >= 11 is 12.1. The zero-order valence-corrected chi connectivity index (χ0v) is 18.9. The van der Waals surface area contributed by atoms with Crippen molar-refractivity contribution in [2.24, 2.45) is 0 Å². The van der Waals surface area contributed by atoms with Gasteiger partial charge in [0.15, 0.2) is 0 Å². The third-order valence-corrected chi connectivity index (χ3v) is 6.18. The van der Waals surface area contributed by atoms with Crippen molar-refractivity contribution in [3.05, 3.63) is 69.5 Å². The number of oxazole rings is 1. The van der Waals surface area contributed by atoms with E-state index in [2.05, 4.69) is 15.6 Å². The minimum absolute atomic E-state index is 0.0559. The van der Waals surface area contributed by atoms with Crippen molar-refractivity contribution in [2.45, 2.75) is 25.4 Å². The Morgan fingerprint density at radius 2 is 1.91 bits per heavy atom. The number of benzene rings is 2. The van der Waals surface area contributed by atoms with E-state index in [0.717, 1.165) is 4.90 Å². The first-order valence-electron chi connectivity index (χ1n) is 10.3. The molecule has 2 aliphatic heterocycles. The molecule has 0 bridgehead atoms. The van der Waals surface area contributed by atoms with Gasteiger partial charge >= 0.3 is 0 Å². The maximum atomic E-state index is 13.2. The summed E-state index contributed by atoms with van der Waals surface area (Å²) in [5.41, 5.74) is 1.34. The molecule has 5 rings (SSSR count). The van der Waals surface area contributed by atoms with Gasteiger partial charge in [0.05, 0.1) is 34.5 Å². The first-order chi connectivity index (χ1) is 16.3. The number of fused-ring (bicyclic) bond motifs is 1. The molecule has 3 aromatic rings. The van der Waals surface area contributed by atoms with Crippen molar-refractivity contribution < 1.29 is 23.6 Å². The number of rotatable bonds is 5. The summed E-state index contributed by atoms with van der Waals surface area (Å²) in [7, 11) is 0. The number of halogens is 2. The van der Waals surface area contributed by atoms with Crippen molar-refractivity contribution in [3.8, 4) is 11.5 Å². The van der Waals surface area contributed by atoms with Gasteiger partial charge in [-0.15, -0.1) is 0 Å². The molecule has 0 saturated carbocycles. The Balaban J connectivity index is 1.36. The first kappa shape index (κ1) is 22.1. The zero-order chi connectivity index (χ0) is 24.0.